The summed E-state index contributed by atoms with van der Waals surface area (Å²) in [6.07, 6.45) is 0.674. The van der Waals surface area contributed by atoms with E-state index in [1.807, 2.05) is 0 Å². The highest BCUT2D eigenvalue weighted by molar-refractivity contribution is 5.95. The van der Waals surface area contributed by atoms with Crippen LogP contribution in [0.4, 0.5) is 13.6 Å². The molecule has 0 unspecified atom stereocenters. The number of hydrogen-bond acceptors (Lipinski definition) is 4. The molecule has 1 heterocycles. The van der Waals surface area contributed by atoms with E-state index in [1.165, 1.54) is 4.90 Å². The number of aromatic hydroxyl groups is 1. The number of piperidine rings is 1. The lowest BCUT2D eigenvalue weighted by Gasteiger charge is -2.32. The molecule has 1 aliphatic heterocycles. The van der Waals surface area contributed by atoms with Crippen LogP contribution in [0.2, 0.25) is 0 Å². The van der Waals surface area contributed by atoms with Gasteiger partial charge in [0, 0.05) is 19.6 Å². The molecular formula is C18H24F2N2O4. The van der Waals surface area contributed by atoms with Crippen molar-refractivity contribution in [2.45, 2.75) is 39.2 Å². The molecule has 0 saturated carbocycles. The van der Waals surface area contributed by atoms with Gasteiger partial charge < -0.3 is 20.1 Å². The summed E-state index contributed by atoms with van der Waals surface area (Å²) in [6, 6.07) is 1.74. The van der Waals surface area contributed by atoms with Gasteiger partial charge in [-0.2, -0.15) is 0 Å². The van der Waals surface area contributed by atoms with Crippen LogP contribution in [-0.4, -0.2) is 47.2 Å². The second-order valence-electron chi connectivity index (χ2n) is 7.37. The van der Waals surface area contributed by atoms with Gasteiger partial charge in [0.1, 0.15) is 17.0 Å². The van der Waals surface area contributed by atoms with Crippen LogP contribution in [0.15, 0.2) is 12.1 Å². The molecule has 8 heteroatoms. The summed E-state index contributed by atoms with van der Waals surface area (Å²) in [5.74, 6) is -3.64. The van der Waals surface area contributed by atoms with Crippen LogP contribution in [0, 0.1) is 17.6 Å². The van der Waals surface area contributed by atoms with Gasteiger partial charge in [-0.1, -0.05) is 0 Å². The fraction of sp³-hybridized carbons (Fsp3) is 0.556. The second-order valence-corrected chi connectivity index (χ2v) is 7.37. The molecule has 1 aromatic carbocycles. The molecule has 6 nitrogen and oxygen atoms in total. The fourth-order valence-corrected chi connectivity index (χ4v) is 2.78. The molecule has 0 atom stereocenters. The third-order valence-electron chi connectivity index (χ3n) is 4.12. The van der Waals surface area contributed by atoms with Gasteiger partial charge in [-0.3, -0.25) is 4.79 Å². The van der Waals surface area contributed by atoms with Crippen LogP contribution in [0.3, 0.4) is 0 Å². The maximum Gasteiger partial charge on any atom is 0.407 e. The van der Waals surface area contributed by atoms with Crippen molar-refractivity contribution >= 4 is 12.0 Å². The van der Waals surface area contributed by atoms with Gasteiger partial charge in [0.05, 0.1) is 0 Å². The first-order chi connectivity index (χ1) is 12.1. The normalized spacial score (nSPS) is 15.7. The molecule has 0 aromatic heterocycles. The van der Waals surface area contributed by atoms with Crippen molar-refractivity contribution in [3.05, 3.63) is 29.3 Å². The van der Waals surface area contributed by atoms with Gasteiger partial charge in [-0.15, -0.1) is 0 Å². The molecule has 26 heavy (non-hydrogen) atoms. The Morgan fingerprint density at radius 1 is 1.27 bits per heavy atom. The number of hydrogen-bond donors (Lipinski definition) is 2. The number of nitrogens with zero attached hydrogens (tertiary/aromatic N) is 1. The summed E-state index contributed by atoms with van der Waals surface area (Å²) in [5, 5.41) is 12.0. The Balaban J connectivity index is 1.88. The van der Waals surface area contributed by atoms with E-state index in [1.54, 1.807) is 20.8 Å². The summed E-state index contributed by atoms with van der Waals surface area (Å²) in [6.45, 7) is 6.36. The van der Waals surface area contributed by atoms with Crippen LogP contribution in [0.1, 0.15) is 44.0 Å². The third kappa shape index (κ3) is 5.06. The van der Waals surface area contributed by atoms with Crippen molar-refractivity contribution in [2.75, 3.05) is 19.6 Å². The van der Waals surface area contributed by atoms with Crippen molar-refractivity contribution < 1.29 is 28.2 Å². The van der Waals surface area contributed by atoms with Gasteiger partial charge >= 0.3 is 6.09 Å². The Morgan fingerprint density at radius 2 is 1.88 bits per heavy atom. The highest BCUT2D eigenvalue weighted by Crippen LogP contribution is 2.25. The lowest BCUT2D eigenvalue weighted by atomic mass is 9.96. The predicted octanol–water partition coefficient (Wildman–Crippen LogP) is 3.05. The van der Waals surface area contributed by atoms with Crippen LogP contribution in [0.5, 0.6) is 5.75 Å². The molecule has 0 spiro atoms. The van der Waals surface area contributed by atoms with Crippen LogP contribution < -0.4 is 5.32 Å². The SMILES string of the molecule is CC(C)(C)OC(=O)NCC1CCN(C(=O)c2c(F)ccc(O)c2F)CC1. The van der Waals surface area contributed by atoms with Gasteiger partial charge in [0.15, 0.2) is 11.6 Å². The number of ether oxygens (including phenoxy) is 1. The lowest BCUT2D eigenvalue weighted by Crippen LogP contribution is -2.42. The first-order valence-corrected chi connectivity index (χ1v) is 8.51. The van der Waals surface area contributed by atoms with Crippen molar-refractivity contribution in [3.63, 3.8) is 0 Å². The monoisotopic (exact) mass is 370 g/mol. The van der Waals surface area contributed by atoms with E-state index >= 15 is 0 Å². The minimum absolute atomic E-state index is 0.144. The maximum atomic E-state index is 13.9. The zero-order valence-electron chi connectivity index (χ0n) is 15.1. The number of phenolic OH excluding ortho intramolecular Hbond substituents is 1. The van der Waals surface area contributed by atoms with E-state index in [-0.39, 0.29) is 5.92 Å². The standard InChI is InChI=1S/C18H24F2N2O4/c1-18(2,3)26-17(25)21-10-11-6-8-22(9-7-11)16(24)14-12(19)4-5-13(23)15(14)20/h4-5,11,23H,6-10H2,1-3H3,(H,21,25). The number of alkyl carbamates (subject to hydrolysis) is 1. The molecule has 2 N–H and O–H groups in total. The molecule has 0 aliphatic carbocycles. The average Bonchev–Trinajstić information content (AvgIpc) is 2.55. The van der Waals surface area contributed by atoms with Crippen molar-refractivity contribution in [2.24, 2.45) is 5.92 Å². The zero-order valence-corrected chi connectivity index (χ0v) is 15.1. The summed E-state index contributed by atoms with van der Waals surface area (Å²) in [7, 11) is 0. The van der Waals surface area contributed by atoms with Crippen LogP contribution in [-0.2, 0) is 4.74 Å². The number of amides is 2. The minimum atomic E-state index is -1.25. The number of carbonyl (C=O) groups is 2. The Hall–Kier alpha value is -2.38. The largest absolute Gasteiger partial charge is 0.505 e. The van der Waals surface area contributed by atoms with Gasteiger partial charge in [0.2, 0.25) is 0 Å². The molecule has 1 fully saturated rings. The number of likely N-dealkylation sites (tertiary alicyclic amines) is 1. The molecule has 1 saturated heterocycles. The average molecular weight is 370 g/mol. The Kier molecular flexibility index (Phi) is 6.05. The first-order valence-electron chi connectivity index (χ1n) is 8.51. The Morgan fingerprint density at radius 3 is 2.46 bits per heavy atom. The zero-order chi connectivity index (χ0) is 19.5. The van der Waals surface area contributed by atoms with E-state index in [0.717, 1.165) is 12.1 Å². The van der Waals surface area contributed by atoms with E-state index in [9.17, 15) is 23.5 Å². The molecule has 0 radical (unpaired) electrons. The number of halogens is 2. The number of rotatable bonds is 3. The highest BCUT2D eigenvalue weighted by atomic mass is 19.1. The first kappa shape index (κ1) is 19.9. The molecule has 1 aliphatic rings. The number of benzene rings is 1. The van der Waals surface area contributed by atoms with E-state index < -0.39 is 40.5 Å². The smallest absolute Gasteiger partial charge is 0.407 e. The van der Waals surface area contributed by atoms with Crippen molar-refractivity contribution in [1.29, 1.82) is 0 Å². The van der Waals surface area contributed by atoms with E-state index in [2.05, 4.69) is 5.32 Å². The Bertz CT molecular complexity index is 681. The van der Waals surface area contributed by atoms with E-state index in [0.29, 0.717) is 32.5 Å². The van der Waals surface area contributed by atoms with Crippen molar-refractivity contribution in [1.82, 2.24) is 10.2 Å². The summed E-state index contributed by atoms with van der Waals surface area (Å²) in [4.78, 5) is 25.4. The molecule has 0 bridgehead atoms. The van der Waals surface area contributed by atoms with Crippen LogP contribution in [0.25, 0.3) is 0 Å². The minimum Gasteiger partial charge on any atom is -0.505 e. The molecule has 2 rings (SSSR count). The number of phenols is 1. The number of nitrogens with one attached hydrogen (secondary N) is 1. The third-order valence-corrected chi connectivity index (χ3v) is 4.12. The maximum absolute atomic E-state index is 13.9. The lowest BCUT2D eigenvalue weighted by molar-refractivity contribution is 0.0499. The molecular weight excluding hydrogens is 346 g/mol. The number of carbonyl (C=O) groups excluding carboxylic acids is 2. The van der Waals surface area contributed by atoms with Gasteiger partial charge in [0.25, 0.3) is 5.91 Å². The summed E-state index contributed by atoms with van der Waals surface area (Å²) in [5.41, 5.74) is -1.31. The quantitative estimate of drug-likeness (QED) is 0.857. The second kappa shape index (κ2) is 7.88. The topological polar surface area (TPSA) is 78.9 Å². The summed E-state index contributed by atoms with van der Waals surface area (Å²) < 4.78 is 32.8. The molecule has 2 amide bonds. The van der Waals surface area contributed by atoms with E-state index in [4.69, 9.17) is 4.74 Å². The fourth-order valence-electron chi connectivity index (χ4n) is 2.78. The van der Waals surface area contributed by atoms with Gasteiger partial charge in [-0.25, -0.2) is 13.6 Å². The van der Waals surface area contributed by atoms with Crippen LogP contribution >= 0.6 is 0 Å². The van der Waals surface area contributed by atoms with Crippen molar-refractivity contribution in [3.8, 4) is 5.75 Å². The predicted molar refractivity (Wildman–Crippen MR) is 90.9 cm³/mol. The van der Waals surface area contributed by atoms with Gasteiger partial charge in [-0.05, 0) is 51.7 Å². The Labute approximate surface area is 151 Å². The molecule has 144 valence electrons. The summed E-state index contributed by atoms with van der Waals surface area (Å²) >= 11 is 0. The highest BCUT2D eigenvalue weighted by Gasteiger charge is 2.29. The molecule has 1 aromatic rings.